The van der Waals surface area contributed by atoms with Crippen LogP contribution in [0.15, 0.2) is 217 Å². The Hall–Kier alpha value is -8.41. The van der Waals surface area contributed by atoms with Crippen LogP contribution in [-0.2, 0) is 5.41 Å². The number of rotatable bonds is 5. The molecule has 0 N–H and O–H groups in total. The van der Waals surface area contributed by atoms with E-state index in [4.69, 9.17) is 24.1 Å². The van der Waals surface area contributed by atoms with Crippen molar-refractivity contribution < 1.29 is 9.15 Å². The summed E-state index contributed by atoms with van der Waals surface area (Å²) in [5.74, 6) is 3.53. The lowest BCUT2D eigenvalue weighted by molar-refractivity contribution is 0.436. The standard InChI is InChI=1S/C58H35N3O2/c1-3-14-36(15-4-1)38-18-13-19-41(32-38)56-59-55(37-16-5-2-6-17-37)60-57(61-56)42-26-29-45-46-33-39(28-31-51(46)62-53(45)35-42)40-27-30-50-54(34-40)63-52-25-12-11-24-49(52)58(50)47-22-9-7-20-43(47)44-21-8-10-23-48(44)58/h1-35H. The second-order valence-corrected chi connectivity index (χ2v) is 16.3. The Kier molecular flexibility index (Phi) is 7.75. The molecule has 11 aromatic rings. The van der Waals surface area contributed by atoms with Gasteiger partial charge in [-0.2, -0.15) is 0 Å². The molecule has 1 aliphatic heterocycles. The van der Waals surface area contributed by atoms with Gasteiger partial charge in [0.15, 0.2) is 17.5 Å². The van der Waals surface area contributed by atoms with Gasteiger partial charge in [-0.05, 0) is 87.0 Å². The van der Waals surface area contributed by atoms with Gasteiger partial charge in [0.05, 0.1) is 5.41 Å². The first-order valence-electron chi connectivity index (χ1n) is 21.2. The Morgan fingerprint density at radius 1 is 0.302 bits per heavy atom. The number of aromatic nitrogens is 3. The van der Waals surface area contributed by atoms with E-state index in [2.05, 4.69) is 170 Å². The van der Waals surface area contributed by atoms with Crippen molar-refractivity contribution in [2.75, 3.05) is 0 Å². The third-order valence-corrected chi connectivity index (χ3v) is 12.8. The number of benzene rings is 9. The average Bonchev–Trinajstić information content (AvgIpc) is 3.87. The van der Waals surface area contributed by atoms with Crippen molar-refractivity contribution in [3.63, 3.8) is 0 Å². The van der Waals surface area contributed by atoms with E-state index in [0.29, 0.717) is 17.5 Å². The molecule has 2 aromatic heterocycles. The van der Waals surface area contributed by atoms with Gasteiger partial charge in [-0.15, -0.1) is 0 Å². The van der Waals surface area contributed by atoms with Crippen molar-refractivity contribution in [2.24, 2.45) is 0 Å². The quantitative estimate of drug-likeness (QED) is 0.173. The van der Waals surface area contributed by atoms with Gasteiger partial charge in [0.1, 0.15) is 22.7 Å². The number of hydrogen-bond acceptors (Lipinski definition) is 5. The maximum Gasteiger partial charge on any atom is 0.164 e. The van der Waals surface area contributed by atoms with Crippen molar-refractivity contribution in [1.29, 1.82) is 0 Å². The SMILES string of the molecule is c1ccc(-c2cccc(-c3nc(-c4ccccc4)nc(-c4ccc5c(c4)oc4ccc(-c6ccc7c(c6)Oc6ccccc6C76c7ccccc7-c7ccccc76)cc45)n3)c2)cc1. The second-order valence-electron chi connectivity index (χ2n) is 16.3. The first-order valence-corrected chi connectivity index (χ1v) is 21.2. The lowest BCUT2D eigenvalue weighted by Crippen LogP contribution is -2.32. The zero-order chi connectivity index (χ0) is 41.5. The first-order chi connectivity index (χ1) is 31.2. The van der Waals surface area contributed by atoms with Gasteiger partial charge < -0.3 is 9.15 Å². The molecule has 5 nitrogen and oxygen atoms in total. The van der Waals surface area contributed by atoms with Crippen LogP contribution >= 0.6 is 0 Å². The summed E-state index contributed by atoms with van der Waals surface area (Å²) >= 11 is 0. The van der Waals surface area contributed by atoms with Gasteiger partial charge in [-0.3, -0.25) is 0 Å². The van der Waals surface area contributed by atoms with E-state index < -0.39 is 5.41 Å². The molecule has 5 heteroatoms. The highest BCUT2D eigenvalue weighted by Crippen LogP contribution is 2.62. The molecular weight excluding hydrogens is 771 g/mol. The average molecular weight is 806 g/mol. The Labute approximate surface area is 363 Å². The lowest BCUT2D eigenvalue weighted by atomic mass is 9.66. The molecule has 0 saturated heterocycles. The molecule has 0 amide bonds. The molecular formula is C58H35N3O2. The van der Waals surface area contributed by atoms with Gasteiger partial charge in [0, 0.05) is 38.6 Å². The third kappa shape index (κ3) is 5.46. The fraction of sp³-hybridized carbons (Fsp3) is 0.0172. The summed E-state index contributed by atoms with van der Waals surface area (Å²) in [7, 11) is 0. The predicted octanol–water partition coefficient (Wildman–Crippen LogP) is 14.6. The van der Waals surface area contributed by atoms with Crippen LogP contribution in [-0.4, -0.2) is 15.0 Å². The fourth-order valence-electron chi connectivity index (χ4n) is 9.96. The van der Waals surface area contributed by atoms with Crippen molar-refractivity contribution in [1.82, 2.24) is 15.0 Å². The molecule has 0 saturated carbocycles. The van der Waals surface area contributed by atoms with Crippen molar-refractivity contribution >= 4 is 21.9 Å². The van der Waals surface area contributed by atoms with Crippen LogP contribution in [0.1, 0.15) is 22.3 Å². The van der Waals surface area contributed by atoms with Gasteiger partial charge in [0.2, 0.25) is 0 Å². The van der Waals surface area contributed by atoms with E-state index in [1.165, 1.54) is 22.3 Å². The Morgan fingerprint density at radius 3 is 1.57 bits per heavy atom. The molecule has 0 atom stereocenters. The highest BCUT2D eigenvalue weighted by molar-refractivity contribution is 6.07. The maximum absolute atomic E-state index is 6.82. The number of furan rings is 1. The number of nitrogens with zero attached hydrogens (tertiary/aromatic N) is 3. The topological polar surface area (TPSA) is 61.0 Å². The normalized spacial score (nSPS) is 13.0. The Balaban J connectivity index is 0.904. The van der Waals surface area contributed by atoms with E-state index in [-0.39, 0.29) is 0 Å². The highest BCUT2D eigenvalue weighted by atomic mass is 16.5. The molecule has 63 heavy (non-hydrogen) atoms. The summed E-state index contributed by atoms with van der Waals surface area (Å²) in [6.45, 7) is 0. The van der Waals surface area contributed by atoms with Crippen LogP contribution in [0.4, 0.5) is 0 Å². The van der Waals surface area contributed by atoms with E-state index in [1.807, 2.05) is 42.5 Å². The number of para-hydroxylation sites is 1. The van der Waals surface area contributed by atoms with Gasteiger partial charge >= 0.3 is 0 Å². The minimum Gasteiger partial charge on any atom is -0.457 e. The molecule has 0 bridgehead atoms. The lowest BCUT2D eigenvalue weighted by Gasteiger charge is -2.39. The minimum absolute atomic E-state index is 0.494. The molecule has 13 rings (SSSR count). The van der Waals surface area contributed by atoms with Crippen LogP contribution in [0.5, 0.6) is 11.5 Å². The summed E-state index contributed by atoms with van der Waals surface area (Å²) in [5.41, 5.74) is 15.5. The van der Waals surface area contributed by atoms with E-state index in [9.17, 15) is 0 Å². The van der Waals surface area contributed by atoms with Crippen LogP contribution in [0.2, 0.25) is 0 Å². The number of ether oxygens (including phenoxy) is 1. The summed E-state index contributed by atoms with van der Waals surface area (Å²) in [6, 6.07) is 74.3. The van der Waals surface area contributed by atoms with Gasteiger partial charge in [0.25, 0.3) is 0 Å². The molecule has 2 aliphatic rings. The van der Waals surface area contributed by atoms with E-state index >= 15 is 0 Å². The molecule has 0 radical (unpaired) electrons. The van der Waals surface area contributed by atoms with Crippen LogP contribution in [0, 0.1) is 0 Å². The fourth-order valence-corrected chi connectivity index (χ4v) is 9.96. The molecule has 3 heterocycles. The van der Waals surface area contributed by atoms with Crippen LogP contribution in [0.3, 0.4) is 0 Å². The molecule has 0 fully saturated rings. The largest absolute Gasteiger partial charge is 0.457 e. The smallest absolute Gasteiger partial charge is 0.164 e. The monoisotopic (exact) mass is 805 g/mol. The predicted molar refractivity (Wildman–Crippen MR) is 252 cm³/mol. The molecule has 1 spiro atoms. The van der Waals surface area contributed by atoms with Crippen LogP contribution < -0.4 is 4.74 Å². The van der Waals surface area contributed by atoms with Gasteiger partial charge in [-0.25, -0.2) is 15.0 Å². The zero-order valence-electron chi connectivity index (χ0n) is 33.9. The minimum atomic E-state index is -0.494. The highest BCUT2D eigenvalue weighted by Gasteiger charge is 2.50. The van der Waals surface area contributed by atoms with E-state index in [0.717, 1.165) is 83.5 Å². The van der Waals surface area contributed by atoms with Crippen molar-refractivity contribution in [3.8, 4) is 79.0 Å². The summed E-state index contributed by atoms with van der Waals surface area (Å²) in [5, 5.41) is 2.05. The summed E-state index contributed by atoms with van der Waals surface area (Å²) < 4.78 is 13.4. The van der Waals surface area contributed by atoms with Crippen molar-refractivity contribution in [3.05, 3.63) is 235 Å². The number of fused-ring (bicyclic) bond motifs is 12. The third-order valence-electron chi connectivity index (χ3n) is 12.8. The molecule has 9 aromatic carbocycles. The van der Waals surface area contributed by atoms with Crippen molar-refractivity contribution in [2.45, 2.75) is 5.41 Å². The molecule has 1 aliphatic carbocycles. The van der Waals surface area contributed by atoms with E-state index in [1.54, 1.807) is 0 Å². The molecule has 0 unspecified atom stereocenters. The summed E-state index contributed by atoms with van der Waals surface area (Å²) in [4.78, 5) is 15.1. The zero-order valence-corrected chi connectivity index (χ0v) is 33.9. The van der Waals surface area contributed by atoms with Crippen LogP contribution in [0.25, 0.3) is 89.5 Å². The first kappa shape index (κ1) is 35.4. The number of hydrogen-bond donors (Lipinski definition) is 0. The maximum atomic E-state index is 6.82. The summed E-state index contributed by atoms with van der Waals surface area (Å²) in [6.07, 6.45) is 0. The second kappa shape index (κ2) is 13.8. The Bertz CT molecular complexity index is 3570. The molecule has 294 valence electrons. The van der Waals surface area contributed by atoms with Gasteiger partial charge in [-0.1, -0.05) is 170 Å². The Morgan fingerprint density at radius 2 is 0.825 bits per heavy atom.